The van der Waals surface area contributed by atoms with Crippen molar-refractivity contribution in [2.75, 3.05) is 0 Å². The molecule has 2 amide bonds. The van der Waals surface area contributed by atoms with E-state index in [4.69, 9.17) is 23.2 Å². The molecular formula is C16H12Cl2N2O2. The highest BCUT2D eigenvalue weighted by molar-refractivity contribution is 6.32. The number of nitrogens with one attached hydrogen (secondary N) is 2. The third-order valence-electron chi connectivity index (χ3n) is 2.73. The summed E-state index contributed by atoms with van der Waals surface area (Å²) < 4.78 is 0. The van der Waals surface area contributed by atoms with Gasteiger partial charge in [0.1, 0.15) is 0 Å². The molecule has 2 aromatic carbocycles. The summed E-state index contributed by atoms with van der Waals surface area (Å²) in [5.74, 6) is -0.904. The molecule has 0 heterocycles. The molecule has 22 heavy (non-hydrogen) atoms. The van der Waals surface area contributed by atoms with E-state index in [1.165, 1.54) is 6.08 Å². The van der Waals surface area contributed by atoms with Gasteiger partial charge in [-0.05, 0) is 42.0 Å². The zero-order valence-corrected chi connectivity index (χ0v) is 12.9. The molecule has 0 bridgehead atoms. The van der Waals surface area contributed by atoms with Crippen LogP contribution >= 0.6 is 23.2 Å². The number of carbonyl (C=O) groups excluding carboxylic acids is 2. The van der Waals surface area contributed by atoms with Crippen LogP contribution in [-0.4, -0.2) is 11.8 Å². The molecule has 0 unspecified atom stereocenters. The molecule has 4 nitrogen and oxygen atoms in total. The summed E-state index contributed by atoms with van der Waals surface area (Å²) in [4.78, 5) is 23.4. The van der Waals surface area contributed by atoms with Gasteiger partial charge >= 0.3 is 0 Å². The minimum atomic E-state index is -0.470. The normalized spacial score (nSPS) is 10.5. The number of hydrazine groups is 1. The van der Waals surface area contributed by atoms with Crippen molar-refractivity contribution in [3.8, 4) is 0 Å². The first-order valence-corrected chi connectivity index (χ1v) is 7.10. The standard InChI is InChI=1S/C16H12Cl2N2O2/c17-13-8-5-12(6-9-13)16(22)20-19-15(21)10-7-11-3-1-2-4-14(11)18/h1-10H,(H,19,21)(H,20,22)/b10-7+. The van der Waals surface area contributed by atoms with Gasteiger partial charge in [0.05, 0.1) is 0 Å². The number of halogens is 2. The number of carbonyl (C=O) groups is 2. The summed E-state index contributed by atoms with van der Waals surface area (Å²) in [6.45, 7) is 0. The molecule has 2 rings (SSSR count). The molecule has 0 saturated heterocycles. The summed E-state index contributed by atoms with van der Waals surface area (Å²) in [5, 5.41) is 1.07. The Morgan fingerprint density at radius 3 is 2.27 bits per heavy atom. The van der Waals surface area contributed by atoms with Crippen LogP contribution in [0.4, 0.5) is 0 Å². The van der Waals surface area contributed by atoms with E-state index >= 15 is 0 Å². The molecule has 0 aliphatic heterocycles. The highest BCUT2D eigenvalue weighted by Crippen LogP contribution is 2.16. The fourth-order valence-electron chi connectivity index (χ4n) is 1.61. The topological polar surface area (TPSA) is 58.2 Å². The molecule has 2 N–H and O–H groups in total. The smallest absolute Gasteiger partial charge is 0.268 e. The molecule has 112 valence electrons. The van der Waals surface area contributed by atoms with Crippen LogP contribution in [0.3, 0.4) is 0 Å². The van der Waals surface area contributed by atoms with Gasteiger partial charge in [0.2, 0.25) is 0 Å². The number of amides is 2. The molecule has 0 spiro atoms. The maximum atomic E-state index is 11.8. The molecule has 0 aliphatic carbocycles. The quantitative estimate of drug-likeness (QED) is 0.667. The number of benzene rings is 2. The van der Waals surface area contributed by atoms with Crippen LogP contribution in [-0.2, 0) is 4.79 Å². The molecule has 0 saturated carbocycles. The Bertz CT molecular complexity index is 712. The summed E-state index contributed by atoms with van der Waals surface area (Å²) >= 11 is 11.7. The van der Waals surface area contributed by atoms with Gasteiger partial charge in [0.25, 0.3) is 11.8 Å². The lowest BCUT2D eigenvalue weighted by atomic mass is 10.2. The highest BCUT2D eigenvalue weighted by atomic mass is 35.5. The first kappa shape index (κ1) is 16.1. The Morgan fingerprint density at radius 1 is 0.909 bits per heavy atom. The lowest BCUT2D eigenvalue weighted by Crippen LogP contribution is -2.40. The van der Waals surface area contributed by atoms with Crippen molar-refractivity contribution in [3.05, 3.63) is 75.8 Å². The van der Waals surface area contributed by atoms with Gasteiger partial charge in [-0.3, -0.25) is 20.4 Å². The van der Waals surface area contributed by atoms with Gasteiger partial charge in [-0.15, -0.1) is 0 Å². The van der Waals surface area contributed by atoms with E-state index < -0.39 is 11.8 Å². The fourth-order valence-corrected chi connectivity index (χ4v) is 1.93. The zero-order chi connectivity index (χ0) is 15.9. The molecule has 0 aromatic heterocycles. The molecule has 0 radical (unpaired) electrons. The molecule has 0 aliphatic rings. The predicted octanol–water partition coefficient (Wildman–Crippen LogP) is 3.47. The SMILES string of the molecule is O=C(/C=C/c1ccccc1Cl)NNC(=O)c1ccc(Cl)cc1. The summed E-state index contributed by atoms with van der Waals surface area (Å²) in [6.07, 6.45) is 2.84. The van der Waals surface area contributed by atoms with Crippen molar-refractivity contribution in [3.63, 3.8) is 0 Å². The Hall–Kier alpha value is -2.30. The van der Waals surface area contributed by atoms with E-state index in [2.05, 4.69) is 10.9 Å². The number of hydrogen-bond donors (Lipinski definition) is 2. The summed E-state index contributed by atoms with van der Waals surface area (Å²) in [5.41, 5.74) is 5.69. The Balaban J connectivity index is 1.89. The minimum Gasteiger partial charge on any atom is -0.268 e. The predicted molar refractivity (Wildman–Crippen MR) is 87.5 cm³/mol. The monoisotopic (exact) mass is 334 g/mol. The largest absolute Gasteiger partial charge is 0.269 e. The Kier molecular flexibility index (Phi) is 5.58. The molecular weight excluding hydrogens is 323 g/mol. The Labute approximate surface area is 137 Å². The van der Waals surface area contributed by atoms with Crippen LogP contribution in [0.5, 0.6) is 0 Å². The van der Waals surface area contributed by atoms with E-state index in [1.54, 1.807) is 48.5 Å². The average Bonchev–Trinajstić information content (AvgIpc) is 2.52. The highest BCUT2D eigenvalue weighted by Gasteiger charge is 2.05. The second-order valence-electron chi connectivity index (χ2n) is 4.31. The summed E-state index contributed by atoms with van der Waals surface area (Å²) in [7, 11) is 0. The van der Waals surface area contributed by atoms with Gasteiger partial charge in [0, 0.05) is 21.7 Å². The van der Waals surface area contributed by atoms with Crippen LogP contribution in [0.1, 0.15) is 15.9 Å². The van der Waals surface area contributed by atoms with Gasteiger partial charge in [0.15, 0.2) is 0 Å². The van der Waals surface area contributed by atoms with Crippen molar-refractivity contribution in [1.29, 1.82) is 0 Å². The van der Waals surface area contributed by atoms with E-state index in [9.17, 15) is 9.59 Å². The third-order valence-corrected chi connectivity index (χ3v) is 3.32. The van der Waals surface area contributed by atoms with E-state index in [-0.39, 0.29) is 0 Å². The Morgan fingerprint density at radius 2 is 1.59 bits per heavy atom. The second-order valence-corrected chi connectivity index (χ2v) is 5.15. The third kappa shape index (κ3) is 4.62. The zero-order valence-electron chi connectivity index (χ0n) is 11.3. The lowest BCUT2D eigenvalue weighted by molar-refractivity contribution is -0.117. The van der Waals surface area contributed by atoms with Crippen LogP contribution in [0.15, 0.2) is 54.6 Å². The van der Waals surface area contributed by atoms with E-state index in [0.29, 0.717) is 21.2 Å². The maximum Gasteiger partial charge on any atom is 0.269 e. The summed E-state index contributed by atoms with van der Waals surface area (Å²) in [6, 6.07) is 13.4. The molecule has 2 aromatic rings. The second kappa shape index (κ2) is 7.64. The first-order valence-electron chi connectivity index (χ1n) is 6.35. The van der Waals surface area contributed by atoms with Crippen LogP contribution < -0.4 is 10.9 Å². The van der Waals surface area contributed by atoms with Crippen molar-refractivity contribution >= 4 is 41.1 Å². The average molecular weight is 335 g/mol. The van der Waals surface area contributed by atoms with Gasteiger partial charge < -0.3 is 0 Å². The van der Waals surface area contributed by atoms with Gasteiger partial charge in [-0.2, -0.15) is 0 Å². The van der Waals surface area contributed by atoms with Gasteiger partial charge in [-0.1, -0.05) is 41.4 Å². The molecule has 6 heteroatoms. The lowest BCUT2D eigenvalue weighted by Gasteiger charge is -2.05. The van der Waals surface area contributed by atoms with Gasteiger partial charge in [-0.25, -0.2) is 0 Å². The molecule has 0 fully saturated rings. The van der Waals surface area contributed by atoms with Crippen LogP contribution in [0.25, 0.3) is 6.08 Å². The van der Waals surface area contributed by atoms with Crippen LogP contribution in [0, 0.1) is 0 Å². The number of rotatable bonds is 3. The van der Waals surface area contributed by atoms with E-state index in [1.807, 2.05) is 6.07 Å². The minimum absolute atomic E-state index is 0.389. The van der Waals surface area contributed by atoms with Crippen molar-refractivity contribution < 1.29 is 9.59 Å². The number of hydrogen-bond acceptors (Lipinski definition) is 2. The van der Waals surface area contributed by atoms with Crippen molar-refractivity contribution in [1.82, 2.24) is 10.9 Å². The first-order chi connectivity index (χ1) is 10.6. The maximum absolute atomic E-state index is 11.8. The van der Waals surface area contributed by atoms with Crippen molar-refractivity contribution in [2.24, 2.45) is 0 Å². The molecule has 0 atom stereocenters. The van der Waals surface area contributed by atoms with E-state index in [0.717, 1.165) is 0 Å². The van der Waals surface area contributed by atoms with Crippen molar-refractivity contribution in [2.45, 2.75) is 0 Å². The van der Waals surface area contributed by atoms with Crippen LogP contribution in [0.2, 0.25) is 10.0 Å². The fraction of sp³-hybridized carbons (Fsp3) is 0.